The summed E-state index contributed by atoms with van der Waals surface area (Å²) in [5, 5.41) is 6.21. The number of rotatable bonds is 3. The number of nitrogens with one attached hydrogen (secondary N) is 2. The van der Waals surface area contributed by atoms with Crippen molar-refractivity contribution in [2.75, 3.05) is 39.2 Å². The molecule has 7 nitrogen and oxygen atoms in total. The van der Waals surface area contributed by atoms with Crippen molar-refractivity contribution in [2.24, 2.45) is 5.92 Å². The van der Waals surface area contributed by atoms with Crippen LogP contribution in [0, 0.1) is 11.7 Å². The van der Waals surface area contributed by atoms with Crippen LogP contribution in [0.1, 0.15) is 34.6 Å². The Hall–Kier alpha value is -2.97. The van der Waals surface area contributed by atoms with Gasteiger partial charge in [0.05, 0.1) is 11.7 Å². The van der Waals surface area contributed by atoms with Crippen molar-refractivity contribution in [3.8, 4) is 5.75 Å². The Balaban J connectivity index is 1.86. The van der Waals surface area contributed by atoms with Gasteiger partial charge in [-0.2, -0.15) is 0 Å². The molecule has 1 aliphatic rings. The van der Waals surface area contributed by atoms with Gasteiger partial charge in [0, 0.05) is 50.6 Å². The van der Waals surface area contributed by atoms with Crippen LogP contribution in [0.2, 0.25) is 0 Å². The predicted molar refractivity (Wildman–Crippen MR) is 121 cm³/mol. The van der Waals surface area contributed by atoms with E-state index in [4.69, 9.17) is 9.47 Å². The molecule has 32 heavy (non-hydrogen) atoms. The fraction of sp³-hybridized carbons (Fsp3) is 0.417. The van der Waals surface area contributed by atoms with Crippen molar-refractivity contribution in [3.05, 3.63) is 59.4 Å². The highest BCUT2D eigenvalue weighted by atomic mass is 19.1. The molecule has 2 aromatic carbocycles. The van der Waals surface area contributed by atoms with Crippen molar-refractivity contribution in [1.29, 1.82) is 0 Å². The largest absolute Gasteiger partial charge is 0.491 e. The van der Waals surface area contributed by atoms with E-state index in [1.54, 1.807) is 37.3 Å². The first kappa shape index (κ1) is 23.7. The number of benzene rings is 2. The lowest BCUT2D eigenvalue weighted by Crippen LogP contribution is -2.44. The number of methoxy groups -OCH3 is 1. The second-order valence-corrected chi connectivity index (χ2v) is 8.23. The van der Waals surface area contributed by atoms with Gasteiger partial charge in [-0.05, 0) is 49.2 Å². The van der Waals surface area contributed by atoms with Crippen LogP contribution in [0.15, 0.2) is 42.5 Å². The van der Waals surface area contributed by atoms with Gasteiger partial charge in [0.1, 0.15) is 18.2 Å². The van der Waals surface area contributed by atoms with E-state index in [1.165, 1.54) is 24.3 Å². The van der Waals surface area contributed by atoms with Gasteiger partial charge in [-0.15, -0.1) is 0 Å². The number of halogens is 1. The third kappa shape index (κ3) is 5.83. The number of nitrogens with zero attached hydrogens (tertiary/aromatic N) is 1. The van der Waals surface area contributed by atoms with Crippen molar-refractivity contribution in [2.45, 2.75) is 26.0 Å². The SMILES string of the molecule is CO[C@@H]1CN(C)C(=O)c2ccc(NC(=O)c3ccc(F)cc3)cc2OC[C@@H](C)NC[C@@H]1C. The van der Waals surface area contributed by atoms with Gasteiger partial charge in [0.15, 0.2) is 0 Å². The fourth-order valence-corrected chi connectivity index (χ4v) is 3.54. The Morgan fingerprint density at radius 1 is 1.22 bits per heavy atom. The van der Waals surface area contributed by atoms with E-state index in [0.717, 1.165) is 6.54 Å². The minimum Gasteiger partial charge on any atom is -0.491 e. The lowest BCUT2D eigenvalue weighted by Gasteiger charge is -2.30. The minimum absolute atomic E-state index is 0.0486. The van der Waals surface area contributed by atoms with E-state index in [9.17, 15) is 14.0 Å². The Morgan fingerprint density at radius 3 is 2.62 bits per heavy atom. The van der Waals surface area contributed by atoms with Gasteiger partial charge in [0.25, 0.3) is 11.8 Å². The van der Waals surface area contributed by atoms with Crippen LogP contribution >= 0.6 is 0 Å². The molecule has 0 fully saturated rings. The summed E-state index contributed by atoms with van der Waals surface area (Å²) in [4.78, 5) is 27.3. The third-order valence-electron chi connectivity index (χ3n) is 5.59. The Bertz CT molecular complexity index is 951. The first-order valence-electron chi connectivity index (χ1n) is 10.6. The van der Waals surface area contributed by atoms with Gasteiger partial charge in [0.2, 0.25) is 0 Å². The van der Waals surface area contributed by atoms with Crippen molar-refractivity contribution >= 4 is 17.5 Å². The summed E-state index contributed by atoms with van der Waals surface area (Å²) in [6.07, 6.45) is -0.110. The summed E-state index contributed by atoms with van der Waals surface area (Å²) in [7, 11) is 3.39. The normalized spacial score (nSPS) is 22.2. The van der Waals surface area contributed by atoms with E-state index < -0.39 is 5.82 Å². The first-order valence-corrected chi connectivity index (χ1v) is 10.6. The van der Waals surface area contributed by atoms with E-state index in [-0.39, 0.29) is 29.9 Å². The molecule has 0 unspecified atom stereocenters. The van der Waals surface area contributed by atoms with E-state index in [2.05, 4.69) is 17.6 Å². The lowest BCUT2D eigenvalue weighted by atomic mass is 10.0. The Labute approximate surface area is 187 Å². The number of ether oxygens (including phenoxy) is 2. The standard InChI is InChI=1S/C24H30FN3O4/c1-15-12-26-16(2)14-32-21-11-19(27-23(29)17-5-7-18(25)8-6-17)9-10-20(21)24(30)28(3)13-22(15)31-4/h5-11,15-16,22,26H,12-14H2,1-4H3,(H,27,29)/t15-,16+,22+/m0/s1. The summed E-state index contributed by atoms with van der Waals surface area (Å²) in [5.41, 5.74) is 1.21. The first-order chi connectivity index (χ1) is 15.3. The average molecular weight is 444 g/mol. The zero-order valence-corrected chi connectivity index (χ0v) is 18.9. The summed E-state index contributed by atoms with van der Waals surface area (Å²) in [6.45, 7) is 5.61. The van der Waals surface area contributed by atoms with Crippen LogP contribution in [-0.2, 0) is 4.74 Å². The highest BCUT2D eigenvalue weighted by Gasteiger charge is 2.25. The maximum absolute atomic E-state index is 13.1. The zero-order valence-electron chi connectivity index (χ0n) is 18.9. The van der Waals surface area contributed by atoms with Crippen molar-refractivity contribution in [1.82, 2.24) is 10.2 Å². The molecule has 3 atom stereocenters. The molecule has 2 aromatic rings. The maximum Gasteiger partial charge on any atom is 0.257 e. The van der Waals surface area contributed by atoms with Crippen molar-refractivity contribution < 1.29 is 23.5 Å². The molecule has 8 heteroatoms. The second kappa shape index (κ2) is 10.6. The molecular formula is C24H30FN3O4. The Kier molecular flexibility index (Phi) is 7.82. The molecule has 0 aliphatic carbocycles. The molecule has 2 N–H and O–H groups in total. The van der Waals surface area contributed by atoms with Crippen LogP contribution in [0.5, 0.6) is 5.75 Å². The molecule has 1 aliphatic heterocycles. The molecule has 1 heterocycles. The number of hydrogen-bond acceptors (Lipinski definition) is 5. The quantitative estimate of drug-likeness (QED) is 0.762. The van der Waals surface area contributed by atoms with Gasteiger partial charge in [-0.25, -0.2) is 4.39 Å². The molecule has 0 saturated carbocycles. The van der Waals surface area contributed by atoms with Crippen molar-refractivity contribution in [3.63, 3.8) is 0 Å². The lowest BCUT2D eigenvalue weighted by molar-refractivity contribution is 0.0281. The van der Waals surface area contributed by atoms with E-state index >= 15 is 0 Å². The topological polar surface area (TPSA) is 79.9 Å². The predicted octanol–water partition coefficient (Wildman–Crippen LogP) is 3.17. The highest BCUT2D eigenvalue weighted by Crippen LogP contribution is 2.26. The van der Waals surface area contributed by atoms with Crippen LogP contribution in [-0.4, -0.2) is 62.7 Å². The third-order valence-corrected chi connectivity index (χ3v) is 5.59. The van der Waals surface area contributed by atoms with Crippen LogP contribution in [0.4, 0.5) is 10.1 Å². The number of carbonyl (C=O) groups is 2. The molecule has 0 saturated heterocycles. The number of anilines is 1. The Morgan fingerprint density at radius 2 is 1.94 bits per heavy atom. The number of fused-ring (bicyclic) bond motifs is 1. The molecule has 0 spiro atoms. The molecular weight excluding hydrogens is 413 g/mol. The minimum atomic E-state index is -0.412. The molecule has 0 aromatic heterocycles. The number of amides is 2. The molecule has 2 amide bonds. The van der Waals surface area contributed by atoms with Gasteiger partial charge in [-0.1, -0.05) is 6.92 Å². The number of carbonyl (C=O) groups excluding carboxylic acids is 2. The monoisotopic (exact) mass is 443 g/mol. The van der Waals surface area contributed by atoms with Crippen LogP contribution in [0.3, 0.4) is 0 Å². The van der Waals surface area contributed by atoms with Gasteiger partial charge >= 0.3 is 0 Å². The van der Waals surface area contributed by atoms with Crippen LogP contribution in [0.25, 0.3) is 0 Å². The maximum atomic E-state index is 13.1. The fourth-order valence-electron chi connectivity index (χ4n) is 3.54. The number of hydrogen-bond donors (Lipinski definition) is 2. The second-order valence-electron chi connectivity index (χ2n) is 8.23. The molecule has 0 radical (unpaired) electrons. The van der Waals surface area contributed by atoms with Crippen LogP contribution < -0.4 is 15.4 Å². The zero-order chi connectivity index (χ0) is 23.3. The average Bonchev–Trinajstić information content (AvgIpc) is 2.78. The van der Waals surface area contributed by atoms with E-state index in [0.29, 0.717) is 35.7 Å². The summed E-state index contributed by atoms with van der Waals surface area (Å²) in [6, 6.07) is 10.3. The summed E-state index contributed by atoms with van der Waals surface area (Å²) < 4.78 is 24.7. The molecule has 0 bridgehead atoms. The van der Waals surface area contributed by atoms with Gasteiger partial charge in [-0.3, -0.25) is 9.59 Å². The van der Waals surface area contributed by atoms with E-state index in [1.807, 2.05) is 6.92 Å². The highest BCUT2D eigenvalue weighted by molar-refractivity contribution is 6.05. The molecule has 3 rings (SSSR count). The number of likely N-dealkylation sites (N-methyl/N-ethyl adjacent to an activating group) is 1. The summed E-state index contributed by atoms with van der Waals surface area (Å²) in [5.74, 6) is -0.388. The molecule has 172 valence electrons. The van der Waals surface area contributed by atoms with Gasteiger partial charge < -0.3 is 25.0 Å². The smallest absolute Gasteiger partial charge is 0.257 e. The summed E-state index contributed by atoms with van der Waals surface area (Å²) >= 11 is 0.